The molecule has 1 aromatic carbocycles. The summed E-state index contributed by atoms with van der Waals surface area (Å²) in [6.07, 6.45) is 6.90. The van der Waals surface area contributed by atoms with E-state index in [2.05, 4.69) is 20.9 Å². The Balaban J connectivity index is 1.32. The molecule has 0 N–H and O–H groups in total. The van der Waals surface area contributed by atoms with Crippen LogP contribution in [0.2, 0.25) is 0 Å². The zero-order valence-electron chi connectivity index (χ0n) is 16.4. The molecule has 6 heteroatoms. The molecular formula is C22H29FN4S. The predicted molar refractivity (Wildman–Crippen MR) is 112 cm³/mol. The van der Waals surface area contributed by atoms with Gasteiger partial charge in [-0.05, 0) is 69.1 Å². The first kappa shape index (κ1) is 19.8. The topological polar surface area (TPSA) is 32.3 Å². The van der Waals surface area contributed by atoms with E-state index in [4.69, 9.17) is 4.98 Å². The van der Waals surface area contributed by atoms with Gasteiger partial charge in [-0.2, -0.15) is 0 Å². The van der Waals surface area contributed by atoms with Crippen LogP contribution in [-0.4, -0.2) is 58.2 Å². The molecule has 2 aromatic rings. The molecule has 0 saturated carbocycles. The minimum atomic E-state index is -0.155. The summed E-state index contributed by atoms with van der Waals surface area (Å²) in [6.45, 7) is 6.45. The van der Waals surface area contributed by atoms with Crippen LogP contribution in [0.25, 0.3) is 0 Å². The molecule has 4 rings (SSSR count). The molecule has 2 fully saturated rings. The van der Waals surface area contributed by atoms with Gasteiger partial charge in [0.15, 0.2) is 5.16 Å². The van der Waals surface area contributed by atoms with E-state index < -0.39 is 0 Å². The number of rotatable bonds is 7. The van der Waals surface area contributed by atoms with E-state index in [0.29, 0.717) is 5.92 Å². The molecule has 2 saturated heterocycles. The molecule has 2 aliphatic rings. The molecule has 1 atom stereocenters. The number of benzene rings is 1. The fraction of sp³-hybridized carbons (Fsp3) is 0.545. The van der Waals surface area contributed by atoms with Crippen molar-refractivity contribution in [1.82, 2.24) is 19.8 Å². The number of aromatic nitrogens is 2. The Morgan fingerprint density at radius 2 is 1.93 bits per heavy atom. The summed E-state index contributed by atoms with van der Waals surface area (Å²) in [5.74, 6) is 1.33. The molecule has 4 nitrogen and oxygen atoms in total. The maximum absolute atomic E-state index is 13.5. The molecule has 0 bridgehead atoms. The number of piperidine rings is 1. The van der Waals surface area contributed by atoms with E-state index >= 15 is 0 Å². The van der Waals surface area contributed by atoms with Gasteiger partial charge in [0.05, 0.1) is 0 Å². The van der Waals surface area contributed by atoms with Crippen molar-refractivity contribution in [3.05, 3.63) is 53.6 Å². The second-order valence-corrected chi connectivity index (χ2v) is 8.93. The van der Waals surface area contributed by atoms with Gasteiger partial charge in [0.1, 0.15) is 5.82 Å². The van der Waals surface area contributed by atoms with Gasteiger partial charge in [0.25, 0.3) is 0 Å². The predicted octanol–water partition coefficient (Wildman–Crippen LogP) is 4.18. The number of hydrogen-bond acceptors (Lipinski definition) is 5. The Morgan fingerprint density at radius 3 is 2.79 bits per heavy atom. The summed E-state index contributed by atoms with van der Waals surface area (Å²) < 4.78 is 13.5. The van der Waals surface area contributed by atoms with Crippen LogP contribution in [0.15, 0.2) is 41.7 Å². The average molecular weight is 401 g/mol. The standard InChI is InChI=1S/C22H29FN4S/c23-20-7-3-5-18(15-20)16-27-12-4-6-19(17-27)21-8-9-24-22(25-21)28-14-13-26-10-1-2-11-26/h3,5,7-9,15,19H,1-2,4,6,10-14,16-17H2/t19-/m1/s1. The minimum Gasteiger partial charge on any atom is -0.303 e. The Bertz CT molecular complexity index is 766. The van der Waals surface area contributed by atoms with Crippen molar-refractivity contribution in [2.24, 2.45) is 0 Å². The highest BCUT2D eigenvalue weighted by atomic mass is 32.2. The maximum Gasteiger partial charge on any atom is 0.187 e. The largest absolute Gasteiger partial charge is 0.303 e. The lowest BCUT2D eigenvalue weighted by atomic mass is 9.94. The van der Waals surface area contributed by atoms with E-state index in [1.165, 1.54) is 32.0 Å². The van der Waals surface area contributed by atoms with Crippen LogP contribution in [0, 0.1) is 5.82 Å². The van der Waals surface area contributed by atoms with Gasteiger partial charge in [-0.15, -0.1) is 0 Å². The van der Waals surface area contributed by atoms with Crippen molar-refractivity contribution in [3.63, 3.8) is 0 Å². The lowest BCUT2D eigenvalue weighted by Gasteiger charge is -2.32. The highest BCUT2D eigenvalue weighted by Gasteiger charge is 2.23. The van der Waals surface area contributed by atoms with Crippen LogP contribution in [0.1, 0.15) is 42.9 Å². The minimum absolute atomic E-state index is 0.155. The molecule has 0 aliphatic carbocycles. The maximum atomic E-state index is 13.5. The van der Waals surface area contributed by atoms with Crippen molar-refractivity contribution in [2.75, 3.05) is 38.5 Å². The van der Waals surface area contributed by atoms with Crippen LogP contribution in [0.3, 0.4) is 0 Å². The average Bonchev–Trinajstić information content (AvgIpc) is 3.22. The van der Waals surface area contributed by atoms with Crippen molar-refractivity contribution in [3.8, 4) is 0 Å². The van der Waals surface area contributed by atoms with Gasteiger partial charge in [0, 0.05) is 43.2 Å². The number of thioether (sulfide) groups is 1. The van der Waals surface area contributed by atoms with Crippen LogP contribution in [0.4, 0.5) is 4.39 Å². The number of hydrogen-bond donors (Lipinski definition) is 0. The molecule has 150 valence electrons. The Morgan fingerprint density at radius 1 is 1.07 bits per heavy atom. The molecule has 0 unspecified atom stereocenters. The number of halogens is 1. The Labute approximate surface area is 171 Å². The van der Waals surface area contributed by atoms with Gasteiger partial charge >= 0.3 is 0 Å². The van der Waals surface area contributed by atoms with E-state index in [9.17, 15) is 4.39 Å². The summed E-state index contributed by atoms with van der Waals surface area (Å²) in [6, 6.07) is 9.02. The third-order valence-corrected chi connectivity index (χ3v) is 6.55. The fourth-order valence-corrected chi connectivity index (χ4v) is 5.09. The lowest BCUT2D eigenvalue weighted by molar-refractivity contribution is 0.198. The third-order valence-electron chi connectivity index (χ3n) is 5.71. The second-order valence-electron chi connectivity index (χ2n) is 7.87. The lowest BCUT2D eigenvalue weighted by Crippen LogP contribution is -2.34. The van der Waals surface area contributed by atoms with E-state index in [0.717, 1.165) is 61.2 Å². The highest BCUT2D eigenvalue weighted by molar-refractivity contribution is 7.99. The highest BCUT2D eigenvalue weighted by Crippen LogP contribution is 2.27. The van der Waals surface area contributed by atoms with Crippen LogP contribution < -0.4 is 0 Å². The SMILES string of the molecule is Fc1cccc(CN2CCC[C@@H](c3ccnc(SCCN4CCCC4)n3)C2)c1. The smallest absolute Gasteiger partial charge is 0.187 e. The third kappa shape index (κ3) is 5.52. The van der Waals surface area contributed by atoms with Crippen molar-refractivity contribution < 1.29 is 4.39 Å². The molecule has 28 heavy (non-hydrogen) atoms. The Hall–Kier alpha value is -1.50. The second kappa shape index (κ2) is 9.81. The Kier molecular flexibility index (Phi) is 6.94. The summed E-state index contributed by atoms with van der Waals surface area (Å²) in [5, 5.41) is 0.902. The summed E-state index contributed by atoms with van der Waals surface area (Å²) in [5.41, 5.74) is 2.20. The van der Waals surface area contributed by atoms with Gasteiger partial charge in [-0.3, -0.25) is 4.90 Å². The van der Waals surface area contributed by atoms with Gasteiger partial charge in [0.2, 0.25) is 0 Å². The fourth-order valence-electron chi connectivity index (χ4n) is 4.26. The van der Waals surface area contributed by atoms with E-state index in [-0.39, 0.29) is 5.82 Å². The van der Waals surface area contributed by atoms with Crippen molar-refractivity contribution in [1.29, 1.82) is 0 Å². The van der Waals surface area contributed by atoms with Crippen LogP contribution >= 0.6 is 11.8 Å². The molecule has 0 spiro atoms. The molecule has 0 radical (unpaired) electrons. The monoisotopic (exact) mass is 400 g/mol. The summed E-state index contributed by atoms with van der Waals surface area (Å²) >= 11 is 1.77. The normalized spacial score (nSPS) is 21.2. The number of likely N-dealkylation sites (tertiary alicyclic amines) is 2. The van der Waals surface area contributed by atoms with Crippen LogP contribution in [-0.2, 0) is 6.54 Å². The van der Waals surface area contributed by atoms with E-state index in [1.54, 1.807) is 23.9 Å². The first-order chi connectivity index (χ1) is 13.8. The first-order valence-corrected chi connectivity index (χ1v) is 11.4. The zero-order valence-corrected chi connectivity index (χ0v) is 17.2. The van der Waals surface area contributed by atoms with Crippen LogP contribution in [0.5, 0.6) is 0 Å². The molecule has 2 aliphatic heterocycles. The number of nitrogens with zero attached hydrogens (tertiary/aromatic N) is 4. The quantitative estimate of drug-likeness (QED) is 0.514. The summed E-state index contributed by atoms with van der Waals surface area (Å²) in [4.78, 5) is 14.3. The molecule has 3 heterocycles. The molecule has 0 amide bonds. The van der Waals surface area contributed by atoms with Crippen molar-refractivity contribution >= 4 is 11.8 Å². The summed E-state index contributed by atoms with van der Waals surface area (Å²) in [7, 11) is 0. The van der Waals surface area contributed by atoms with Gasteiger partial charge in [-0.1, -0.05) is 23.9 Å². The first-order valence-electron chi connectivity index (χ1n) is 10.4. The van der Waals surface area contributed by atoms with Gasteiger partial charge < -0.3 is 4.90 Å². The van der Waals surface area contributed by atoms with E-state index in [1.807, 2.05) is 12.3 Å². The zero-order chi connectivity index (χ0) is 19.2. The van der Waals surface area contributed by atoms with Gasteiger partial charge in [-0.25, -0.2) is 14.4 Å². The molecule has 1 aromatic heterocycles. The van der Waals surface area contributed by atoms with Crippen molar-refractivity contribution in [2.45, 2.75) is 43.3 Å². The molecular weight excluding hydrogens is 371 g/mol.